The summed E-state index contributed by atoms with van der Waals surface area (Å²) in [5, 5.41) is 3.45. The molecule has 5 heteroatoms. The second-order valence-electron chi connectivity index (χ2n) is 14.6. The first-order valence-corrected chi connectivity index (χ1v) is 18.5. The molecule has 0 aliphatic carbocycles. The lowest BCUT2D eigenvalue weighted by Crippen LogP contribution is -2.61. The number of anilines is 6. The Morgan fingerprint density at radius 3 is 2.15 bits per heavy atom. The fourth-order valence-electron chi connectivity index (χ4n) is 9.04. The summed E-state index contributed by atoms with van der Waals surface area (Å²) in [6, 6.07) is 61.3. The van der Waals surface area contributed by atoms with E-state index in [9.17, 15) is 0 Å². The summed E-state index contributed by atoms with van der Waals surface area (Å²) in [4.78, 5) is 4.94. The topological polar surface area (TPSA) is 28.9 Å². The van der Waals surface area contributed by atoms with Crippen LogP contribution in [0.5, 0.6) is 11.5 Å². The Morgan fingerprint density at radius 1 is 0.463 bits per heavy atom. The number of fused-ring (bicyclic) bond motifs is 8. The van der Waals surface area contributed by atoms with Gasteiger partial charge in [0.1, 0.15) is 11.3 Å². The third-order valence-corrected chi connectivity index (χ3v) is 11.4. The number of hydrogen-bond acceptors (Lipinski definition) is 4. The van der Waals surface area contributed by atoms with Crippen molar-refractivity contribution in [1.82, 2.24) is 0 Å². The van der Waals surface area contributed by atoms with Crippen molar-refractivity contribution in [2.75, 3.05) is 9.80 Å². The number of aryl methyl sites for hydroxylation is 1. The Kier molecular flexibility index (Phi) is 6.04. The molecular formula is C49H31BN2O2. The van der Waals surface area contributed by atoms with Crippen molar-refractivity contribution in [1.29, 1.82) is 0 Å². The van der Waals surface area contributed by atoms with Gasteiger partial charge in [-0.25, -0.2) is 0 Å². The molecule has 0 saturated heterocycles. The number of nitrogens with zero attached hydrogens (tertiary/aromatic N) is 2. The predicted molar refractivity (Wildman–Crippen MR) is 223 cm³/mol. The quantitative estimate of drug-likeness (QED) is 0.173. The number of rotatable bonds is 3. The molecule has 4 heterocycles. The summed E-state index contributed by atoms with van der Waals surface area (Å²) in [5.41, 5.74) is 16.3. The summed E-state index contributed by atoms with van der Waals surface area (Å²) in [5.74, 6) is 2.63. The van der Waals surface area contributed by atoms with Crippen LogP contribution >= 0.6 is 0 Å². The minimum absolute atomic E-state index is 0.0258. The molecule has 0 bridgehead atoms. The van der Waals surface area contributed by atoms with E-state index in [1.165, 1.54) is 60.9 Å². The van der Waals surface area contributed by atoms with Gasteiger partial charge in [-0.2, -0.15) is 0 Å². The highest BCUT2D eigenvalue weighted by atomic mass is 16.5. The lowest BCUT2D eigenvalue weighted by Gasteiger charge is -2.46. The van der Waals surface area contributed by atoms with Crippen molar-refractivity contribution in [3.05, 3.63) is 175 Å². The molecule has 54 heavy (non-hydrogen) atoms. The first-order valence-electron chi connectivity index (χ1n) is 18.5. The molecule has 12 rings (SSSR count). The highest BCUT2D eigenvalue weighted by Gasteiger charge is 2.46. The van der Waals surface area contributed by atoms with Gasteiger partial charge in [-0.1, -0.05) is 109 Å². The molecule has 0 fully saturated rings. The molecule has 0 unspecified atom stereocenters. The van der Waals surface area contributed by atoms with Crippen LogP contribution < -0.4 is 30.9 Å². The number of furan rings is 1. The molecule has 4 nitrogen and oxygen atoms in total. The molecule has 0 amide bonds. The van der Waals surface area contributed by atoms with Gasteiger partial charge >= 0.3 is 0 Å². The van der Waals surface area contributed by atoms with E-state index in [1.807, 2.05) is 18.2 Å². The first kappa shape index (κ1) is 29.6. The third-order valence-electron chi connectivity index (χ3n) is 11.4. The van der Waals surface area contributed by atoms with Crippen molar-refractivity contribution in [3.63, 3.8) is 0 Å². The Balaban J connectivity index is 1.11. The van der Waals surface area contributed by atoms with Gasteiger partial charge in [0.15, 0.2) is 11.5 Å². The predicted octanol–water partition coefficient (Wildman–Crippen LogP) is 11.4. The van der Waals surface area contributed by atoms with Crippen LogP contribution in [0, 0.1) is 6.92 Å². The molecule has 3 aliphatic heterocycles. The number of para-hydroxylation sites is 4. The van der Waals surface area contributed by atoms with Crippen molar-refractivity contribution in [2.24, 2.45) is 0 Å². The van der Waals surface area contributed by atoms with Crippen molar-refractivity contribution in [3.8, 4) is 33.9 Å². The maximum absolute atomic E-state index is 6.63. The zero-order valence-corrected chi connectivity index (χ0v) is 29.5. The molecular weight excluding hydrogens is 659 g/mol. The van der Waals surface area contributed by atoms with Gasteiger partial charge in [-0.3, -0.25) is 0 Å². The van der Waals surface area contributed by atoms with Gasteiger partial charge in [0, 0.05) is 33.7 Å². The molecule has 0 N–H and O–H groups in total. The second-order valence-corrected chi connectivity index (χ2v) is 14.6. The second kappa shape index (κ2) is 11.0. The Labute approximate surface area is 313 Å². The van der Waals surface area contributed by atoms with Gasteiger partial charge in [0.25, 0.3) is 6.71 Å². The van der Waals surface area contributed by atoms with Crippen molar-refractivity contribution < 1.29 is 9.15 Å². The number of ether oxygens (including phenoxy) is 1. The van der Waals surface area contributed by atoms with Crippen LogP contribution in [0.2, 0.25) is 0 Å². The van der Waals surface area contributed by atoms with E-state index in [0.29, 0.717) is 0 Å². The third kappa shape index (κ3) is 4.21. The van der Waals surface area contributed by atoms with E-state index in [2.05, 4.69) is 168 Å². The lowest BCUT2D eigenvalue weighted by atomic mass is 9.33. The van der Waals surface area contributed by atoms with Gasteiger partial charge in [0.2, 0.25) is 0 Å². The summed E-state index contributed by atoms with van der Waals surface area (Å²) >= 11 is 0. The molecule has 3 aliphatic rings. The van der Waals surface area contributed by atoms with Crippen molar-refractivity contribution in [2.45, 2.75) is 6.92 Å². The molecule has 0 atom stereocenters. The fourth-order valence-corrected chi connectivity index (χ4v) is 9.04. The average molecular weight is 691 g/mol. The standard InChI is InChI=1S/C49H31BN2O2/c1-30-18-23-40-39(24-30)50-38-13-9-17-46-49(38)52(41-14-6-8-16-45(41)54-46)43-28-36(31-10-3-2-4-11-31)27-42(48(43)50)51(40)37-22-21-32-25-35(20-19-33(32)26-37)47-29-34-12-5-7-15-44(34)53-47/h2-29H,1H3. The SMILES string of the molecule is Cc1ccc2c(c1)B1c3cccc4c3N(c3ccccc3O4)c3cc(-c4ccccc4)cc(c31)N2c1ccc2cc(-c3cc4ccccc4o3)ccc2c1. The Morgan fingerprint density at radius 2 is 1.24 bits per heavy atom. The fraction of sp³-hybridized carbons (Fsp3) is 0.0204. The normalized spacial score (nSPS) is 13.3. The monoisotopic (exact) mass is 690 g/mol. The van der Waals surface area contributed by atoms with Crippen LogP contribution in [0.25, 0.3) is 44.2 Å². The van der Waals surface area contributed by atoms with Gasteiger partial charge < -0.3 is 19.0 Å². The van der Waals surface area contributed by atoms with E-state index in [1.54, 1.807) is 0 Å². The minimum atomic E-state index is 0.0258. The molecule has 252 valence electrons. The summed E-state index contributed by atoms with van der Waals surface area (Å²) in [7, 11) is 0. The highest BCUT2D eigenvalue weighted by Crippen LogP contribution is 2.53. The van der Waals surface area contributed by atoms with Crippen LogP contribution in [-0.2, 0) is 0 Å². The van der Waals surface area contributed by atoms with Crippen LogP contribution in [0.4, 0.5) is 34.1 Å². The minimum Gasteiger partial charge on any atom is -0.456 e. The number of hydrogen-bond donors (Lipinski definition) is 0. The smallest absolute Gasteiger partial charge is 0.252 e. The maximum atomic E-state index is 6.63. The van der Waals surface area contributed by atoms with Crippen molar-refractivity contribution >= 4 is 79.0 Å². The van der Waals surface area contributed by atoms with Crippen LogP contribution in [0.15, 0.2) is 174 Å². The Hall–Kier alpha value is -6.98. The van der Waals surface area contributed by atoms with Gasteiger partial charge in [-0.15, -0.1) is 0 Å². The maximum Gasteiger partial charge on any atom is 0.252 e. The average Bonchev–Trinajstić information content (AvgIpc) is 3.66. The highest BCUT2D eigenvalue weighted by molar-refractivity contribution is 7.00. The zero-order chi connectivity index (χ0) is 35.5. The molecule has 0 radical (unpaired) electrons. The van der Waals surface area contributed by atoms with E-state index in [-0.39, 0.29) is 6.71 Å². The largest absolute Gasteiger partial charge is 0.456 e. The zero-order valence-electron chi connectivity index (χ0n) is 29.5. The molecule has 8 aromatic carbocycles. The summed E-state index contributed by atoms with van der Waals surface area (Å²) in [6.45, 7) is 2.22. The van der Waals surface area contributed by atoms with Crippen LogP contribution in [0.3, 0.4) is 0 Å². The van der Waals surface area contributed by atoms with Crippen LogP contribution in [-0.4, -0.2) is 6.71 Å². The number of benzene rings is 8. The first-order chi connectivity index (χ1) is 26.7. The van der Waals surface area contributed by atoms with Gasteiger partial charge in [-0.05, 0) is 112 Å². The molecule has 0 saturated carbocycles. The van der Waals surface area contributed by atoms with E-state index in [4.69, 9.17) is 9.15 Å². The summed E-state index contributed by atoms with van der Waals surface area (Å²) in [6.07, 6.45) is 0. The van der Waals surface area contributed by atoms with E-state index in [0.717, 1.165) is 50.9 Å². The van der Waals surface area contributed by atoms with Gasteiger partial charge in [0.05, 0.1) is 11.4 Å². The Bertz CT molecular complexity index is 2990. The molecule has 1 aromatic heterocycles. The molecule has 9 aromatic rings. The lowest BCUT2D eigenvalue weighted by molar-refractivity contribution is 0.477. The summed E-state index contributed by atoms with van der Waals surface area (Å²) < 4.78 is 12.9. The van der Waals surface area contributed by atoms with E-state index < -0.39 is 0 Å². The molecule has 0 spiro atoms. The van der Waals surface area contributed by atoms with Crippen LogP contribution in [0.1, 0.15) is 5.56 Å². The van der Waals surface area contributed by atoms with E-state index >= 15 is 0 Å².